The molecule has 0 atom stereocenters. The van der Waals surface area contributed by atoms with E-state index < -0.39 is 5.63 Å². The normalized spacial score (nSPS) is 11.1. The maximum atomic E-state index is 12.8. The van der Waals surface area contributed by atoms with Crippen LogP contribution in [0.25, 0.3) is 21.9 Å². The van der Waals surface area contributed by atoms with Gasteiger partial charge in [0.25, 0.3) is 5.56 Å². The highest BCUT2D eigenvalue weighted by Gasteiger charge is 2.15. The van der Waals surface area contributed by atoms with Crippen LogP contribution in [0, 0.1) is 0 Å². The Morgan fingerprint density at radius 3 is 2.52 bits per heavy atom. The summed E-state index contributed by atoms with van der Waals surface area (Å²) >= 11 is 0. The van der Waals surface area contributed by atoms with Crippen molar-refractivity contribution in [2.24, 2.45) is 7.05 Å². The predicted octanol–water partition coefficient (Wildman–Crippen LogP) is 3.26. The summed E-state index contributed by atoms with van der Waals surface area (Å²) in [7, 11) is 1.72. The van der Waals surface area contributed by atoms with Crippen LogP contribution in [0.15, 0.2) is 74.7 Å². The summed E-state index contributed by atoms with van der Waals surface area (Å²) in [5.41, 5.74) is 1.91. The van der Waals surface area contributed by atoms with Gasteiger partial charge in [-0.2, -0.15) is 0 Å². The number of nitrogens with zero attached hydrogens (tertiary/aromatic N) is 1. The van der Waals surface area contributed by atoms with Crippen LogP contribution in [0.1, 0.15) is 5.56 Å². The van der Waals surface area contributed by atoms with E-state index in [0.717, 1.165) is 16.5 Å². The Labute approximate surface area is 143 Å². The Kier molecular flexibility index (Phi) is 3.61. The fourth-order valence-electron chi connectivity index (χ4n) is 3.06. The monoisotopic (exact) mass is 332 g/mol. The zero-order valence-electron chi connectivity index (χ0n) is 13.7. The van der Waals surface area contributed by atoms with Crippen LogP contribution in [0.2, 0.25) is 0 Å². The predicted molar refractivity (Wildman–Crippen MR) is 99.0 cm³/mol. The standard InChI is InChI=1S/C20H16N2O3/c1-22-16-10-6-5-9-14(16)19-18(20(22)24)15(11-17(23)25-19)21-12-13-7-3-2-4-8-13/h2-11,21H,12H2,1H3. The van der Waals surface area contributed by atoms with E-state index in [1.54, 1.807) is 11.6 Å². The highest BCUT2D eigenvalue weighted by Crippen LogP contribution is 2.26. The van der Waals surface area contributed by atoms with Gasteiger partial charge in [-0.3, -0.25) is 4.79 Å². The lowest BCUT2D eigenvalue weighted by molar-refractivity contribution is 0.563. The van der Waals surface area contributed by atoms with Crippen molar-refractivity contribution in [2.45, 2.75) is 6.54 Å². The maximum Gasteiger partial charge on any atom is 0.338 e. The van der Waals surface area contributed by atoms with Crippen LogP contribution < -0.4 is 16.5 Å². The molecule has 4 aromatic rings. The first-order valence-corrected chi connectivity index (χ1v) is 7.98. The minimum atomic E-state index is -0.485. The number of para-hydroxylation sites is 1. The van der Waals surface area contributed by atoms with Gasteiger partial charge in [0.1, 0.15) is 5.39 Å². The Hall–Kier alpha value is -3.34. The average molecular weight is 332 g/mol. The first-order chi connectivity index (χ1) is 12.1. The Morgan fingerprint density at radius 1 is 1.00 bits per heavy atom. The number of rotatable bonds is 3. The molecule has 0 aliphatic rings. The lowest BCUT2D eigenvalue weighted by Crippen LogP contribution is -2.20. The van der Waals surface area contributed by atoms with E-state index in [2.05, 4.69) is 5.32 Å². The van der Waals surface area contributed by atoms with Gasteiger partial charge in [-0.15, -0.1) is 0 Å². The zero-order chi connectivity index (χ0) is 17.4. The van der Waals surface area contributed by atoms with Gasteiger partial charge in [0.15, 0.2) is 5.58 Å². The molecule has 0 spiro atoms. The molecule has 0 saturated heterocycles. The number of nitrogens with one attached hydrogen (secondary N) is 1. The average Bonchev–Trinajstić information content (AvgIpc) is 2.65. The van der Waals surface area contributed by atoms with E-state index in [0.29, 0.717) is 23.2 Å². The first-order valence-electron chi connectivity index (χ1n) is 7.98. The fraction of sp³-hybridized carbons (Fsp3) is 0.100. The first kappa shape index (κ1) is 15.2. The van der Waals surface area contributed by atoms with Crippen molar-refractivity contribution in [1.29, 1.82) is 0 Å². The quantitative estimate of drug-likeness (QED) is 0.585. The van der Waals surface area contributed by atoms with Crippen molar-refractivity contribution in [3.63, 3.8) is 0 Å². The number of anilines is 1. The molecule has 4 rings (SSSR count). The summed E-state index contributed by atoms with van der Waals surface area (Å²) in [6.45, 7) is 0.509. The van der Waals surface area contributed by atoms with Crippen molar-refractivity contribution >= 4 is 27.6 Å². The van der Waals surface area contributed by atoms with E-state index in [4.69, 9.17) is 4.42 Å². The molecule has 0 aliphatic heterocycles. The van der Waals surface area contributed by atoms with Crippen LogP contribution >= 0.6 is 0 Å². The Balaban J connectivity index is 1.96. The molecule has 0 aliphatic carbocycles. The molecule has 2 aromatic heterocycles. The summed E-state index contributed by atoms with van der Waals surface area (Å²) in [6, 6.07) is 18.5. The molecule has 25 heavy (non-hydrogen) atoms. The van der Waals surface area contributed by atoms with E-state index in [1.165, 1.54) is 6.07 Å². The molecule has 5 heteroatoms. The van der Waals surface area contributed by atoms with Gasteiger partial charge in [-0.05, 0) is 17.7 Å². The molecule has 124 valence electrons. The largest absolute Gasteiger partial charge is 0.422 e. The number of aryl methyl sites for hydroxylation is 1. The number of pyridine rings is 1. The molecular weight excluding hydrogens is 316 g/mol. The summed E-state index contributed by atoms with van der Waals surface area (Å²) in [5.74, 6) is 0. The smallest absolute Gasteiger partial charge is 0.338 e. The van der Waals surface area contributed by atoms with Gasteiger partial charge >= 0.3 is 5.63 Å². The molecule has 0 unspecified atom stereocenters. The summed E-state index contributed by atoms with van der Waals surface area (Å²) in [4.78, 5) is 24.9. The molecule has 0 bridgehead atoms. The van der Waals surface area contributed by atoms with E-state index in [9.17, 15) is 9.59 Å². The van der Waals surface area contributed by atoms with Crippen molar-refractivity contribution in [3.8, 4) is 0 Å². The topological polar surface area (TPSA) is 64.2 Å². The molecule has 2 heterocycles. The molecule has 1 N–H and O–H groups in total. The number of fused-ring (bicyclic) bond motifs is 3. The molecule has 0 radical (unpaired) electrons. The fourth-order valence-corrected chi connectivity index (χ4v) is 3.06. The van der Waals surface area contributed by atoms with Crippen molar-refractivity contribution in [3.05, 3.63) is 87.0 Å². The van der Waals surface area contributed by atoms with Crippen LogP contribution in [0.5, 0.6) is 0 Å². The molecule has 0 amide bonds. The number of aromatic nitrogens is 1. The van der Waals surface area contributed by atoms with Gasteiger partial charge in [0.2, 0.25) is 0 Å². The number of hydrogen-bond donors (Lipinski definition) is 1. The summed E-state index contributed by atoms with van der Waals surface area (Å²) < 4.78 is 6.97. The van der Waals surface area contributed by atoms with E-state index in [-0.39, 0.29) is 5.56 Å². The number of benzene rings is 2. The third kappa shape index (κ3) is 2.59. The second kappa shape index (κ2) is 5.94. The highest BCUT2D eigenvalue weighted by molar-refractivity contribution is 6.05. The van der Waals surface area contributed by atoms with Gasteiger partial charge in [0.05, 0.1) is 11.2 Å². The van der Waals surface area contributed by atoms with Crippen LogP contribution in [-0.4, -0.2) is 4.57 Å². The second-order valence-electron chi connectivity index (χ2n) is 5.90. The third-order valence-corrected chi connectivity index (χ3v) is 4.32. The van der Waals surface area contributed by atoms with Gasteiger partial charge in [0, 0.05) is 25.0 Å². The minimum Gasteiger partial charge on any atom is -0.422 e. The maximum absolute atomic E-state index is 12.8. The Bertz CT molecular complexity index is 1190. The minimum absolute atomic E-state index is 0.201. The molecule has 0 saturated carbocycles. The van der Waals surface area contributed by atoms with Gasteiger partial charge < -0.3 is 14.3 Å². The lowest BCUT2D eigenvalue weighted by atomic mass is 10.1. The highest BCUT2D eigenvalue weighted by atomic mass is 16.4. The lowest BCUT2D eigenvalue weighted by Gasteiger charge is -2.12. The van der Waals surface area contributed by atoms with Crippen molar-refractivity contribution < 1.29 is 4.42 Å². The number of hydrogen-bond acceptors (Lipinski definition) is 4. The van der Waals surface area contributed by atoms with Crippen molar-refractivity contribution in [1.82, 2.24) is 4.57 Å². The molecule has 5 nitrogen and oxygen atoms in total. The summed E-state index contributed by atoms with van der Waals surface area (Å²) in [6.07, 6.45) is 0. The third-order valence-electron chi connectivity index (χ3n) is 4.32. The van der Waals surface area contributed by atoms with E-state index >= 15 is 0 Å². The van der Waals surface area contributed by atoms with Crippen LogP contribution in [0.3, 0.4) is 0 Å². The zero-order valence-corrected chi connectivity index (χ0v) is 13.7. The second-order valence-corrected chi connectivity index (χ2v) is 5.90. The van der Waals surface area contributed by atoms with E-state index in [1.807, 2.05) is 54.6 Å². The van der Waals surface area contributed by atoms with Crippen LogP contribution in [-0.2, 0) is 13.6 Å². The van der Waals surface area contributed by atoms with Crippen LogP contribution in [0.4, 0.5) is 5.69 Å². The Morgan fingerprint density at radius 2 is 1.72 bits per heavy atom. The summed E-state index contributed by atoms with van der Waals surface area (Å²) in [5, 5.41) is 4.33. The molecule has 2 aromatic carbocycles. The van der Waals surface area contributed by atoms with Gasteiger partial charge in [-0.1, -0.05) is 42.5 Å². The molecular formula is C20H16N2O3. The molecule has 0 fully saturated rings. The van der Waals surface area contributed by atoms with Gasteiger partial charge in [-0.25, -0.2) is 4.79 Å². The SMILES string of the molecule is Cn1c(=O)c2c(NCc3ccccc3)cc(=O)oc2c2ccccc21. The van der Waals surface area contributed by atoms with Crippen molar-refractivity contribution in [2.75, 3.05) is 5.32 Å².